The van der Waals surface area contributed by atoms with Gasteiger partial charge in [0.1, 0.15) is 5.75 Å². The Labute approximate surface area is 144 Å². The SMILES string of the molecule is CC(=O)c1ccc(OCC(=O)NC(C)c2ccc(Br)cc2)cc1. The van der Waals surface area contributed by atoms with E-state index in [1.165, 1.54) is 6.92 Å². The van der Waals surface area contributed by atoms with Gasteiger partial charge in [-0.3, -0.25) is 9.59 Å². The van der Waals surface area contributed by atoms with Crippen LogP contribution < -0.4 is 10.1 Å². The molecule has 2 aromatic carbocycles. The molecule has 120 valence electrons. The van der Waals surface area contributed by atoms with Gasteiger partial charge in [-0.2, -0.15) is 0 Å². The van der Waals surface area contributed by atoms with E-state index >= 15 is 0 Å². The lowest BCUT2D eigenvalue weighted by Crippen LogP contribution is -2.31. The van der Waals surface area contributed by atoms with Crippen LogP contribution in [-0.2, 0) is 4.79 Å². The fourth-order valence-electron chi connectivity index (χ4n) is 2.05. The van der Waals surface area contributed by atoms with Crippen molar-refractivity contribution in [1.82, 2.24) is 5.32 Å². The van der Waals surface area contributed by atoms with Crippen molar-refractivity contribution in [3.8, 4) is 5.75 Å². The highest BCUT2D eigenvalue weighted by Gasteiger charge is 2.10. The number of Topliss-reactive ketones (excluding diaryl/α,β-unsaturated/α-hetero) is 1. The molecule has 0 bridgehead atoms. The van der Waals surface area contributed by atoms with Crippen molar-refractivity contribution in [2.45, 2.75) is 19.9 Å². The molecule has 0 saturated heterocycles. The van der Waals surface area contributed by atoms with Crippen LogP contribution in [0.25, 0.3) is 0 Å². The maximum absolute atomic E-state index is 11.9. The second-order valence-corrected chi connectivity index (χ2v) is 6.13. The summed E-state index contributed by atoms with van der Waals surface area (Å²) < 4.78 is 6.42. The summed E-state index contributed by atoms with van der Waals surface area (Å²) in [6.45, 7) is 3.36. The minimum atomic E-state index is -0.198. The lowest BCUT2D eigenvalue weighted by molar-refractivity contribution is -0.123. The number of amides is 1. The largest absolute Gasteiger partial charge is 0.484 e. The highest BCUT2D eigenvalue weighted by molar-refractivity contribution is 9.10. The Hall–Kier alpha value is -2.14. The minimum Gasteiger partial charge on any atom is -0.484 e. The fourth-order valence-corrected chi connectivity index (χ4v) is 2.32. The Balaban J connectivity index is 1.84. The lowest BCUT2D eigenvalue weighted by Gasteiger charge is -2.15. The number of carbonyl (C=O) groups excluding carboxylic acids is 2. The molecule has 0 fully saturated rings. The zero-order valence-corrected chi connectivity index (χ0v) is 14.6. The first kappa shape index (κ1) is 17.2. The lowest BCUT2D eigenvalue weighted by atomic mass is 10.1. The van der Waals surface area contributed by atoms with Crippen molar-refractivity contribution >= 4 is 27.6 Å². The molecule has 0 aliphatic carbocycles. The van der Waals surface area contributed by atoms with Crippen LogP contribution in [0.3, 0.4) is 0 Å². The van der Waals surface area contributed by atoms with E-state index in [1.807, 2.05) is 31.2 Å². The van der Waals surface area contributed by atoms with Gasteiger partial charge in [0.15, 0.2) is 12.4 Å². The van der Waals surface area contributed by atoms with Gasteiger partial charge >= 0.3 is 0 Å². The van der Waals surface area contributed by atoms with E-state index in [9.17, 15) is 9.59 Å². The number of carbonyl (C=O) groups is 2. The summed E-state index contributed by atoms with van der Waals surface area (Å²) in [7, 11) is 0. The Morgan fingerprint density at radius 1 is 1.09 bits per heavy atom. The van der Waals surface area contributed by atoms with Crippen LogP contribution in [0.5, 0.6) is 5.75 Å². The van der Waals surface area contributed by atoms with Crippen LogP contribution in [0, 0.1) is 0 Å². The molecule has 0 spiro atoms. The Morgan fingerprint density at radius 2 is 1.70 bits per heavy atom. The number of hydrogen-bond acceptors (Lipinski definition) is 3. The molecule has 2 aromatic rings. The van der Waals surface area contributed by atoms with Gasteiger partial charge in [0.2, 0.25) is 0 Å². The van der Waals surface area contributed by atoms with E-state index in [4.69, 9.17) is 4.74 Å². The van der Waals surface area contributed by atoms with Gasteiger partial charge in [-0.05, 0) is 55.8 Å². The summed E-state index contributed by atoms with van der Waals surface area (Å²) in [6.07, 6.45) is 0. The van der Waals surface area contributed by atoms with E-state index < -0.39 is 0 Å². The third-order valence-electron chi connectivity index (χ3n) is 3.38. The molecule has 1 amide bonds. The number of rotatable bonds is 6. The molecule has 0 saturated carbocycles. The summed E-state index contributed by atoms with van der Waals surface area (Å²) in [6, 6.07) is 14.4. The maximum Gasteiger partial charge on any atom is 0.258 e. The van der Waals surface area contributed by atoms with Crippen molar-refractivity contribution in [3.05, 3.63) is 64.1 Å². The van der Waals surface area contributed by atoms with E-state index in [0.29, 0.717) is 11.3 Å². The third kappa shape index (κ3) is 5.21. The summed E-state index contributed by atoms with van der Waals surface area (Å²) in [5.41, 5.74) is 1.64. The van der Waals surface area contributed by atoms with Crippen LogP contribution in [0.2, 0.25) is 0 Å². The second kappa shape index (κ2) is 7.92. The first-order valence-corrected chi connectivity index (χ1v) is 8.03. The first-order valence-electron chi connectivity index (χ1n) is 7.24. The Bertz CT molecular complexity index is 680. The molecule has 1 unspecified atom stereocenters. The fraction of sp³-hybridized carbons (Fsp3) is 0.222. The zero-order chi connectivity index (χ0) is 16.8. The Kier molecular flexibility index (Phi) is 5.93. The van der Waals surface area contributed by atoms with Gasteiger partial charge in [0.25, 0.3) is 5.91 Å². The molecule has 1 atom stereocenters. The van der Waals surface area contributed by atoms with Gasteiger partial charge in [-0.25, -0.2) is 0 Å². The quantitative estimate of drug-likeness (QED) is 0.778. The first-order chi connectivity index (χ1) is 11.0. The molecule has 0 aliphatic heterocycles. The summed E-state index contributed by atoms with van der Waals surface area (Å²) in [5.74, 6) is 0.357. The summed E-state index contributed by atoms with van der Waals surface area (Å²) >= 11 is 3.38. The van der Waals surface area contributed by atoms with Crippen LogP contribution >= 0.6 is 15.9 Å². The van der Waals surface area contributed by atoms with E-state index in [1.54, 1.807) is 24.3 Å². The van der Waals surface area contributed by atoms with E-state index in [-0.39, 0.29) is 24.3 Å². The molecule has 0 radical (unpaired) electrons. The number of halogens is 1. The van der Waals surface area contributed by atoms with Gasteiger partial charge in [0, 0.05) is 10.0 Å². The molecule has 0 heterocycles. The third-order valence-corrected chi connectivity index (χ3v) is 3.91. The van der Waals surface area contributed by atoms with Crippen molar-refractivity contribution in [1.29, 1.82) is 0 Å². The van der Waals surface area contributed by atoms with E-state index in [2.05, 4.69) is 21.2 Å². The highest BCUT2D eigenvalue weighted by atomic mass is 79.9. The predicted octanol–water partition coefficient (Wildman–Crippen LogP) is 3.91. The van der Waals surface area contributed by atoms with E-state index in [0.717, 1.165) is 10.0 Å². The number of ketones is 1. The van der Waals surface area contributed by atoms with Gasteiger partial charge in [0.05, 0.1) is 6.04 Å². The maximum atomic E-state index is 11.9. The van der Waals surface area contributed by atoms with Crippen LogP contribution in [0.4, 0.5) is 0 Å². The van der Waals surface area contributed by atoms with Crippen LogP contribution in [-0.4, -0.2) is 18.3 Å². The van der Waals surface area contributed by atoms with Crippen molar-refractivity contribution < 1.29 is 14.3 Å². The molecule has 2 rings (SSSR count). The standard InChI is InChI=1S/C18H18BrNO3/c1-12(14-3-7-16(19)8-4-14)20-18(22)11-23-17-9-5-15(6-10-17)13(2)21/h3-10,12H,11H2,1-2H3,(H,20,22). The van der Waals surface area contributed by atoms with Gasteiger partial charge in [-0.15, -0.1) is 0 Å². The van der Waals surface area contributed by atoms with Crippen molar-refractivity contribution in [2.24, 2.45) is 0 Å². The minimum absolute atomic E-state index is 0.00221. The number of ether oxygens (including phenoxy) is 1. The number of benzene rings is 2. The topological polar surface area (TPSA) is 55.4 Å². The molecular formula is C18H18BrNO3. The molecular weight excluding hydrogens is 358 g/mol. The summed E-state index contributed by atoms with van der Waals surface area (Å²) in [4.78, 5) is 23.1. The second-order valence-electron chi connectivity index (χ2n) is 5.21. The summed E-state index contributed by atoms with van der Waals surface area (Å²) in [5, 5.41) is 2.88. The van der Waals surface area contributed by atoms with Crippen LogP contribution in [0.15, 0.2) is 53.0 Å². The molecule has 0 aromatic heterocycles. The molecule has 5 heteroatoms. The molecule has 0 aliphatic rings. The van der Waals surface area contributed by atoms with Crippen molar-refractivity contribution in [3.63, 3.8) is 0 Å². The van der Waals surface area contributed by atoms with Crippen molar-refractivity contribution in [2.75, 3.05) is 6.61 Å². The normalized spacial score (nSPS) is 11.6. The highest BCUT2D eigenvalue weighted by Crippen LogP contribution is 2.16. The average molecular weight is 376 g/mol. The van der Waals surface area contributed by atoms with Crippen LogP contribution in [0.1, 0.15) is 35.8 Å². The average Bonchev–Trinajstić information content (AvgIpc) is 2.54. The number of nitrogens with one attached hydrogen (secondary N) is 1. The Morgan fingerprint density at radius 3 is 2.26 bits per heavy atom. The predicted molar refractivity (Wildman–Crippen MR) is 92.6 cm³/mol. The van der Waals surface area contributed by atoms with Gasteiger partial charge in [-0.1, -0.05) is 28.1 Å². The van der Waals surface area contributed by atoms with Gasteiger partial charge < -0.3 is 10.1 Å². The number of hydrogen-bond donors (Lipinski definition) is 1. The monoisotopic (exact) mass is 375 g/mol. The molecule has 23 heavy (non-hydrogen) atoms. The smallest absolute Gasteiger partial charge is 0.258 e. The zero-order valence-electron chi connectivity index (χ0n) is 13.0. The molecule has 1 N–H and O–H groups in total. The molecule has 4 nitrogen and oxygen atoms in total.